The van der Waals surface area contributed by atoms with Crippen LogP contribution in [0.15, 0.2) is 0 Å². The Bertz CT molecular complexity index is 422. The quantitative estimate of drug-likeness (QED) is 0.502. The van der Waals surface area contributed by atoms with Crippen molar-refractivity contribution in [3.05, 3.63) is 0 Å². The van der Waals surface area contributed by atoms with Gasteiger partial charge < -0.3 is 23.7 Å². The fourth-order valence-electron chi connectivity index (χ4n) is 2.04. The summed E-state index contributed by atoms with van der Waals surface area (Å²) in [7, 11) is 1.38. The number of carbonyl (C=O) groups excluding carboxylic acids is 3. The summed E-state index contributed by atoms with van der Waals surface area (Å²) in [6.07, 6.45) is -3.31. The van der Waals surface area contributed by atoms with Gasteiger partial charge in [0, 0.05) is 26.4 Å². The van der Waals surface area contributed by atoms with Crippen molar-refractivity contribution in [3.63, 3.8) is 0 Å². The fourth-order valence-corrected chi connectivity index (χ4v) is 2.04. The topological polar surface area (TPSA) is 97.4 Å². The Morgan fingerprint density at radius 3 is 1.83 bits per heavy atom. The highest BCUT2D eigenvalue weighted by Crippen LogP contribution is 2.25. The zero-order chi connectivity index (χ0) is 17.4. The van der Waals surface area contributed by atoms with Crippen LogP contribution in [0.4, 0.5) is 0 Å². The van der Waals surface area contributed by atoms with Gasteiger partial charge in [-0.1, -0.05) is 20.8 Å². The summed E-state index contributed by atoms with van der Waals surface area (Å²) in [6.45, 7) is 4.89. The number of ether oxygens (including phenoxy) is 5. The molecule has 0 amide bonds. The molecule has 0 aromatic carbocycles. The molecule has 0 spiro atoms. The molecule has 0 bridgehead atoms. The maximum Gasteiger partial charge on any atom is 0.306 e. The molecule has 23 heavy (non-hydrogen) atoms. The van der Waals surface area contributed by atoms with Crippen molar-refractivity contribution in [1.29, 1.82) is 0 Å². The van der Waals surface area contributed by atoms with Gasteiger partial charge in [0.25, 0.3) is 0 Å². The largest absolute Gasteiger partial charge is 0.456 e. The lowest BCUT2D eigenvalue weighted by Gasteiger charge is -2.40. The Morgan fingerprint density at radius 2 is 1.35 bits per heavy atom. The van der Waals surface area contributed by atoms with E-state index in [9.17, 15) is 14.4 Å². The minimum absolute atomic E-state index is 0.0217. The van der Waals surface area contributed by atoms with Crippen LogP contribution in [0.1, 0.15) is 40.0 Å². The first-order chi connectivity index (χ1) is 11.0. The van der Waals surface area contributed by atoms with Gasteiger partial charge in [-0.15, -0.1) is 0 Å². The fraction of sp³-hybridized carbons (Fsp3) is 0.800. The molecular formula is C15H24O8. The van der Waals surface area contributed by atoms with Crippen molar-refractivity contribution >= 4 is 17.9 Å². The molecule has 0 saturated carbocycles. The molecule has 1 aliphatic rings. The summed E-state index contributed by atoms with van der Waals surface area (Å²) in [4.78, 5) is 34.9. The van der Waals surface area contributed by atoms with E-state index in [1.165, 1.54) is 7.11 Å². The van der Waals surface area contributed by atoms with Gasteiger partial charge in [-0.3, -0.25) is 14.4 Å². The number of rotatable bonds is 7. The van der Waals surface area contributed by atoms with E-state index in [0.29, 0.717) is 0 Å². The van der Waals surface area contributed by atoms with Crippen molar-refractivity contribution in [2.45, 2.75) is 64.6 Å². The molecule has 1 fully saturated rings. The number of methoxy groups -OCH3 is 1. The van der Waals surface area contributed by atoms with Crippen molar-refractivity contribution in [2.24, 2.45) is 0 Å². The molecule has 1 heterocycles. The molecule has 0 N–H and O–H groups in total. The second-order valence-corrected chi connectivity index (χ2v) is 4.94. The third kappa shape index (κ3) is 5.47. The van der Waals surface area contributed by atoms with E-state index in [0.717, 1.165) is 0 Å². The maximum atomic E-state index is 11.7. The van der Waals surface area contributed by atoms with Crippen LogP contribution in [0.2, 0.25) is 0 Å². The van der Waals surface area contributed by atoms with E-state index >= 15 is 0 Å². The monoisotopic (exact) mass is 332 g/mol. The van der Waals surface area contributed by atoms with Crippen LogP contribution in [0.3, 0.4) is 0 Å². The van der Waals surface area contributed by atoms with E-state index < -0.39 is 42.5 Å². The molecule has 132 valence electrons. The third-order valence-electron chi connectivity index (χ3n) is 3.30. The zero-order valence-electron chi connectivity index (χ0n) is 13.9. The van der Waals surface area contributed by atoms with Crippen LogP contribution in [-0.4, -0.2) is 56.2 Å². The molecule has 1 aliphatic heterocycles. The standard InChI is InChI=1S/C15H24O8/c1-5-10(16)21-9-8-20-15(19-4)14(23-12(18)7-3)13(9)22-11(17)6-2/h9,13-15H,5-8H2,1-4H3/t9-,13-,14+,15-/m0/s1. The van der Waals surface area contributed by atoms with Crippen LogP contribution in [0.25, 0.3) is 0 Å². The Labute approximate surface area is 135 Å². The summed E-state index contributed by atoms with van der Waals surface area (Å²) in [5.41, 5.74) is 0. The van der Waals surface area contributed by atoms with Crippen LogP contribution < -0.4 is 0 Å². The van der Waals surface area contributed by atoms with Crippen molar-refractivity contribution in [2.75, 3.05) is 13.7 Å². The van der Waals surface area contributed by atoms with Gasteiger partial charge in [0.05, 0.1) is 6.61 Å². The molecule has 0 radical (unpaired) electrons. The molecular weight excluding hydrogens is 308 g/mol. The summed E-state index contributed by atoms with van der Waals surface area (Å²) in [5, 5.41) is 0. The average Bonchev–Trinajstić information content (AvgIpc) is 2.56. The third-order valence-corrected chi connectivity index (χ3v) is 3.30. The minimum atomic E-state index is -1.01. The number of hydrogen-bond donors (Lipinski definition) is 0. The van der Waals surface area contributed by atoms with Gasteiger partial charge >= 0.3 is 17.9 Å². The Balaban J connectivity index is 2.99. The molecule has 0 unspecified atom stereocenters. The summed E-state index contributed by atoms with van der Waals surface area (Å²) in [5.74, 6) is -1.46. The molecule has 1 saturated heterocycles. The van der Waals surface area contributed by atoms with Gasteiger partial charge in [0.1, 0.15) is 0 Å². The van der Waals surface area contributed by atoms with E-state index in [2.05, 4.69) is 0 Å². The molecule has 1 rings (SSSR count). The van der Waals surface area contributed by atoms with E-state index in [-0.39, 0.29) is 25.9 Å². The predicted molar refractivity (Wildman–Crippen MR) is 77.3 cm³/mol. The summed E-state index contributed by atoms with van der Waals surface area (Å²) >= 11 is 0. The van der Waals surface area contributed by atoms with E-state index in [1.54, 1.807) is 20.8 Å². The van der Waals surface area contributed by atoms with Crippen molar-refractivity contribution in [3.8, 4) is 0 Å². The van der Waals surface area contributed by atoms with E-state index in [4.69, 9.17) is 23.7 Å². The van der Waals surface area contributed by atoms with Crippen molar-refractivity contribution < 1.29 is 38.1 Å². The SMILES string of the molecule is CCC(=O)O[C@@H]1[C@@H](OC(=O)CC)[C@@H](OC)OC[C@@H]1OC(=O)CC. The summed E-state index contributed by atoms with van der Waals surface area (Å²) in [6, 6.07) is 0. The first-order valence-corrected chi connectivity index (χ1v) is 7.69. The smallest absolute Gasteiger partial charge is 0.306 e. The maximum absolute atomic E-state index is 11.7. The lowest BCUT2D eigenvalue weighted by Crippen LogP contribution is -2.58. The van der Waals surface area contributed by atoms with E-state index in [1.807, 2.05) is 0 Å². The van der Waals surface area contributed by atoms with Crippen LogP contribution >= 0.6 is 0 Å². The Hall–Kier alpha value is -1.67. The van der Waals surface area contributed by atoms with Gasteiger partial charge in [-0.05, 0) is 0 Å². The second-order valence-electron chi connectivity index (χ2n) is 4.94. The summed E-state index contributed by atoms with van der Waals surface area (Å²) < 4.78 is 26.4. The van der Waals surface area contributed by atoms with Crippen molar-refractivity contribution in [1.82, 2.24) is 0 Å². The number of hydrogen-bond acceptors (Lipinski definition) is 8. The number of esters is 3. The molecule has 0 aliphatic carbocycles. The lowest BCUT2D eigenvalue weighted by molar-refractivity contribution is -0.275. The molecule has 8 heteroatoms. The van der Waals surface area contributed by atoms with Gasteiger partial charge in [0.2, 0.25) is 0 Å². The highest BCUT2D eigenvalue weighted by molar-refractivity contribution is 5.71. The zero-order valence-corrected chi connectivity index (χ0v) is 13.9. The second kappa shape index (κ2) is 9.46. The normalized spacial score (nSPS) is 27.1. The highest BCUT2D eigenvalue weighted by atomic mass is 16.7. The van der Waals surface area contributed by atoms with Gasteiger partial charge in [-0.2, -0.15) is 0 Å². The Kier molecular flexibility index (Phi) is 7.97. The van der Waals surface area contributed by atoms with Crippen LogP contribution in [0, 0.1) is 0 Å². The van der Waals surface area contributed by atoms with Crippen LogP contribution in [-0.2, 0) is 38.1 Å². The molecule has 8 nitrogen and oxygen atoms in total. The Morgan fingerprint density at radius 1 is 0.870 bits per heavy atom. The minimum Gasteiger partial charge on any atom is -0.456 e. The number of carbonyl (C=O) groups is 3. The van der Waals surface area contributed by atoms with Gasteiger partial charge in [-0.25, -0.2) is 0 Å². The average molecular weight is 332 g/mol. The molecule has 0 aromatic heterocycles. The predicted octanol–water partition coefficient (Wildman–Crippen LogP) is 0.954. The lowest BCUT2D eigenvalue weighted by atomic mass is 10.0. The first-order valence-electron chi connectivity index (χ1n) is 7.69. The molecule has 4 atom stereocenters. The highest BCUT2D eigenvalue weighted by Gasteiger charge is 2.47. The van der Waals surface area contributed by atoms with Gasteiger partial charge in [0.15, 0.2) is 24.6 Å². The van der Waals surface area contributed by atoms with Crippen LogP contribution in [0.5, 0.6) is 0 Å². The first kappa shape index (κ1) is 19.4. The molecule has 0 aromatic rings.